The molecule has 0 atom stereocenters. The van der Waals surface area contributed by atoms with Gasteiger partial charge in [0.2, 0.25) is 11.1 Å². The zero-order valence-corrected chi connectivity index (χ0v) is 13.6. The van der Waals surface area contributed by atoms with Crippen molar-refractivity contribution in [3.63, 3.8) is 0 Å². The molecule has 0 aliphatic heterocycles. The standard InChI is InChI=1S/C14H15N7O2S/c15-5-2-7-20(8-3-6-16)13(22)11-24-14-17-18-19-21(14)10-12-4-1-9-23-12/h1,4,9H,2-3,7-8,10-11H2. The van der Waals surface area contributed by atoms with Gasteiger partial charge < -0.3 is 9.32 Å². The molecule has 0 saturated heterocycles. The first-order chi connectivity index (χ1) is 11.7. The Kier molecular flexibility index (Phi) is 6.80. The van der Waals surface area contributed by atoms with Crippen LogP contribution in [0.15, 0.2) is 28.0 Å². The lowest BCUT2D eigenvalue weighted by Gasteiger charge is -2.19. The van der Waals surface area contributed by atoms with Crippen molar-refractivity contribution in [2.75, 3.05) is 18.8 Å². The number of hydrogen-bond donors (Lipinski definition) is 0. The topological polar surface area (TPSA) is 125 Å². The molecule has 124 valence electrons. The van der Waals surface area contributed by atoms with Gasteiger partial charge in [0.15, 0.2) is 0 Å². The van der Waals surface area contributed by atoms with Crippen molar-refractivity contribution in [1.82, 2.24) is 25.1 Å². The lowest BCUT2D eigenvalue weighted by molar-refractivity contribution is -0.128. The summed E-state index contributed by atoms with van der Waals surface area (Å²) in [6, 6.07) is 7.59. The molecule has 9 nitrogen and oxygen atoms in total. The predicted molar refractivity (Wildman–Crippen MR) is 83.4 cm³/mol. The highest BCUT2D eigenvalue weighted by atomic mass is 32.2. The van der Waals surface area contributed by atoms with Crippen molar-refractivity contribution in [2.45, 2.75) is 24.5 Å². The summed E-state index contributed by atoms with van der Waals surface area (Å²) in [5, 5.41) is 29.2. The molecule has 0 aliphatic carbocycles. The summed E-state index contributed by atoms with van der Waals surface area (Å²) in [6.45, 7) is 1.01. The number of nitrogens with zero attached hydrogens (tertiary/aromatic N) is 7. The number of furan rings is 1. The first-order valence-corrected chi connectivity index (χ1v) is 8.16. The van der Waals surface area contributed by atoms with Gasteiger partial charge in [0.25, 0.3) is 0 Å². The Morgan fingerprint density at radius 3 is 2.71 bits per heavy atom. The zero-order valence-electron chi connectivity index (χ0n) is 12.8. The van der Waals surface area contributed by atoms with Crippen LogP contribution in [0.3, 0.4) is 0 Å². The van der Waals surface area contributed by atoms with Gasteiger partial charge in [-0.2, -0.15) is 10.5 Å². The van der Waals surface area contributed by atoms with Crippen LogP contribution in [-0.4, -0.2) is 49.9 Å². The summed E-state index contributed by atoms with van der Waals surface area (Å²) in [7, 11) is 0. The molecule has 24 heavy (non-hydrogen) atoms. The number of tetrazole rings is 1. The molecule has 2 aromatic rings. The monoisotopic (exact) mass is 345 g/mol. The molecule has 0 radical (unpaired) electrons. The van der Waals surface area contributed by atoms with Gasteiger partial charge >= 0.3 is 0 Å². The maximum atomic E-state index is 12.3. The third kappa shape index (κ3) is 5.11. The van der Waals surface area contributed by atoms with Crippen LogP contribution in [-0.2, 0) is 11.3 Å². The molecule has 0 fully saturated rings. The third-order valence-electron chi connectivity index (χ3n) is 3.05. The van der Waals surface area contributed by atoms with Gasteiger partial charge in [-0.05, 0) is 22.6 Å². The number of rotatable bonds is 9. The Morgan fingerprint density at radius 2 is 2.08 bits per heavy atom. The minimum atomic E-state index is -0.155. The van der Waals surface area contributed by atoms with Crippen LogP contribution in [0.25, 0.3) is 0 Å². The van der Waals surface area contributed by atoms with E-state index in [2.05, 4.69) is 15.5 Å². The molecule has 10 heteroatoms. The fourth-order valence-corrected chi connectivity index (χ4v) is 2.68. The number of amides is 1. The second-order valence-corrected chi connectivity index (χ2v) is 5.63. The van der Waals surface area contributed by atoms with Crippen LogP contribution in [0.1, 0.15) is 18.6 Å². The van der Waals surface area contributed by atoms with E-state index in [1.54, 1.807) is 17.0 Å². The fraction of sp³-hybridized carbons (Fsp3) is 0.429. The number of aromatic nitrogens is 4. The van der Waals surface area contributed by atoms with Gasteiger partial charge in [-0.3, -0.25) is 4.79 Å². The van der Waals surface area contributed by atoms with E-state index in [1.165, 1.54) is 16.7 Å². The van der Waals surface area contributed by atoms with Crippen molar-refractivity contribution in [3.8, 4) is 12.1 Å². The number of thioether (sulfide) groups is 1. The van der Waals surface area contributed by atoms with Gasteiger partial charge in [0.1, 0.15) is 12.3 Å². The Bertz CT molecular complexity index is 711. The molecule has 0 spiro atoms. The summed E-state index contributed by atoms with van der Waals surface area (Å²) in [5.41, 5.74) is 0. The molecule has 0 N–H and O–H groups in total. The van der Waals surface area contributed by atoms with E-state index in [-0.39, 0.29) is 24.5 Å². The van der Waals surface area contributed by atoms with Crippen LogP contribution >= 0.6 is 11.8 Å². The van der Waals surface area contributed by atoms with Gasteiger partial charge in [0, 0.05) is 13.1 Å². The SMILES string of the molecule is N#CCCN(CCC#N)C(=O)CSc1nnnn1Cc1ccco1. The van der Waals surface area contributed by atoms with E-state index >= 15 is 0 Å². The molecule has 2 aromatic heterocycles. The van der Waals surface area contributed by atoms with E-state index in [9.17, 15) is 4.79 Å². The summed E-state index contributed by atoms with van der Waals surface area (Å²) in [6.07, 6.45) is 2.04. The molecule has 0 unspecified atom stereocenters. The highest BCUT2D eigenvalue weighted by Crippen LogP contribution is 2.16. The summed E-state index contributed by atoms with van der Waals surface area (Å²) < 4.78 is 6.80. The Labute approximate surface area is 142 Å². The van der Waals surface area contributed by atoms with Crippen LogP contribution in [0.2, 0.25) is 0 Å². The van der Waals surface area contributed by atoms with Gasteiger partial charge in [-0.1, -0.05) is 11.8 Å². The predicted octanol–water partition coefficient (Wildman–Crippen LogP) is 1.06. The highest BCUT2D eigenvalue weighted by Gasteiger charge is 2.16. The van der Waals surface area contributed by atoms with E-state index in [0.717, 1.165) is 0 Å². The molecule has 1 amide bonds. The van der Waals surface area contributed by atoms with Crippen molar-refractivity contribution < 1.29 is 9.21 Å². The molecular formula is C14H15N7O2S. The molecule has 0 saturated carbocycles. The number of nitriles is 2. The molecule has 2 rings (SSSR count). The smallest absolute Gasteiger partial charge is 0.233 e. The van der Waals surface area contributed by atoms with E-state index < -0.39 is 0 Å². The van der Waals surface area contributed by atoms with Crippen LogP contribution in [0, 0.1) is 22.7 Å². The van der Waals surface area contributed by atoms with Crippen LogP contribution in [0.4, 0.5) is 0 Å². The molecule has 0 aliphatic rings. The van der Waals surface area contributed by atoms with Gasteiger partial charge in [0.05, 0.1) is 37.0 Å². The maximum Gasteiger partial charge on any atom is 0.233 e. The normalized spacial score (nSPS) is 10.1. The highest BCUT2D eigenvalue weighted by molar-refractivity contribution is 7.99. The zero-order chi connectivity index (χ0) is 17.2. The van der Waals surface area contributed by atoms with Crippen molar-refractivity contribution >= 4 is 17.7 Å². The first kappa shape index (κ1) is 17.5. The van der Waals surface area contributed by atoms with Gasteiger partial charge in [-0.25, -0.2) is 4.68 Å². The second kappa shape index (κ2) is 9.33. The maximum absolute atomic E-state index is 12.3. The van der Waals surface area contributed by atoms with E-state index in [1.807, 2.05) is 18.2 Å². The minimum Gasteiger partial charge on any atom is -0.467 e. The van der Waals surface area contributed by atoms with Crippen LogP contribution < -0.4 is 0 Å². The molecular weight excluding hydrogens is 330 g/mol. The van der Waals surface area contributed by atoms with Crippen molar-refractivity contribution in [1.29, 1.82) is 10.5 Å². The molecule has 2 heterocycles. The Hall–Kier alpha value is -2.85. The summed E-state index contributed by atoms with van der Waals surface area (Å²) in [4.78, 5) is 13.8. The van der Waals surface area contributed by atoms with Crippen molar-refractivity contribution in [3.05, 3.63) is 24.2 Å². The lowest BCUT2D eigenvalue weighted by Crippen LogP contribution is -2.34. The number of carbonyl (C=O) groups is 1. The first-order valence-electron chi connectivity index (χ1n) is 7.17. The minimum absolute atomic E-state index is 0.134. The summed E-state index contributed by atoms with van der Waals surface area (Å²) in [5.74, 6) is 0.688. The lowest BCUT2D eigenvalue weighted by atomic mass is 10.3. The molecule has 0 bridgehead atoms. The van der Waals surface area contributed by atoms with Crippen molar-refractivity contribution in [2.24, 2.45) is 0 Å². The van der Waals surface area contributed by atoms with E-state index in [4.69, 9.17) is 14.9 Å². The third-order valence-corrected chi connectivity index (χ3v) is 3.99. The average Bonchev–Trinajstić information content (AvgIpc) is 3.25. The van der Waals surface area contributed by atoms with E-state index in [0.29, 0.717) is 30.6 Å². The summed E-state index contributed by atoms with van der Waals surface area (Å²) >= 11 is 1.21. The Morgan fingerprint density at radius 1 is 1.33 bits per heavy atom. The number of carbonyl (C=O) groups excluding carboxylic acids is 1. The second-order valence-electron chi connectivity index (χ2n) is 4.68. The van der Waals surface area contributed by atoms with Crippen LogP contribution in [0.5, 0.6) is 0 Å². The molecule has 0 aromatic carbocycles. The largest absolute Gasteiger partial charge is 0.467 e. The van der Waals surface area contributed by atoms with Gasteiger partial charge in [-0.15, -0.1) is 5.10 Å². The average molecular weight is 345 g/mol. The quantitative estimate of drug-likeness (QED) is 0.618. The number of hydrogen-bond acceptors (Lipinski definition) is 8. The Balaban J connectivity index is 1.91. The fourth-order valence-electron chi connectivity index (χ4n) is 1.90.